The molecule has 2 rings (SSSR count). The maximum Gasteiger partial charge on any atom is 0.241 e. The van der Waals surface area contributed by atoms with E-state index in [2.05, 4.69) is 5.32 Å². The van der Waals surface area contributed by atoms with Crippen molar-refractivity contribution in [1.29, 1.82) is 0 Å². The summed E-state index contributed by atoms with van der Waals surface area (Å²) in [6.45, 7) is 2.62. The molecule has 0 radical (unpaired) electrons. The van der Waals surface area contributed by atoms with E-state index < -0.39 is 0 Å². The first-order valence-electron chi connectivity index (χ1n) is 8.85. The molecule has 1 N–H and O–H groups in total. The lowest BCUT2D eigenvalue weighted by Crippen LogP contribution is -2.40. The van der Waals surface area contributed by atoms with Crippen molar-refractivity contribution < 1.29 is 19.0 Å². The lowest BCUT2D eigenvalue weighted by atomic mass is 10.1. The van der Waals surface area contributed by atoms with Gasteiger partial charge in [-0.15, -0.1) is 0 Å². The van der Waals surface area contributed by atoms with E-state index in [9.17, 15) is 4.79 Å². The molecule has 0 aliphatic carbocycles. The summed E-state index contributed by atoms with van der Waals surface area (Å²) < 4.78 is 15.9. The van der Waals surface area contributed by atoms with E-state index in [0.717, 1.165) is 18.5 Å². The van der Waals surface area contributed by atoms with Gasteiger partial charge in [0.15, 0.2) is 11.5 Å². The maximum atomic E-state index is 12.6. The average molecular weight is 372 g/mol. The van der Waals surface area contributed by atoms with Gasteiger partial charge in [0.05, 0.1) is 33.1 Å². The minimum atomic E-state index is -0.282. The van der Waals surface area contributed by atoms with Crippen LogP contribution in [0.5, 0.6) is 17.2 Å². The number of hydrogen-bond donors (Lipinski definition) is 1. The molecule has 1 amide bonds. The molecule has 1 atom stereocenters. The first kappa shape index (κ1) is 20.6. The smallest absolute Gasteiger partial charge is 0.241 e. The van der Waals surface area contributed by atoms with Crippen molar-refractivity contribution in [2.24, 2.45) is 0 Å². The number of rotatable bonds is 9. The number of amides is 1. The molecular formula is C21H28N2O4. The highest BCUT2D eigenvalue weighted by Gasteiger charge is 2.19. The second-order valence-corrected chi connectivity index (χ2v) is 6.29. The van der Waals surface area contributed by atoms with Gasteiger partial charge in [0, 0.05) is 6.54 Å². The van der Waals surface area contributed by atoms with Gasteiger partial charge in [-0.25, -0.2) is 0 Å². The molecule has 146 valence electrons. The highest BCUT2D eigenvalue weighted by atomic mass is 16.5. The number of nitrogens with one attached hydrogen (secondary N) is 1. The number of carbonyl (C=O) groups excluding carboxylic acids is 1. The third-order valence-corrected chi connectivity index (χ3v) is 4.61. The Labute approximate surface area is 161 Å². The van der Waals surface area contributed by atoms with Crippen LogP contribution in [0.25, 0.3) is 0 Å². The highest BCUT2D eigenvalue weighted by molar-refractivity contribution is 5.95. The normalized spacial score (nSPS) is 11.8. The van der Waals surface area contributed by atoms with Crippen molar-refractivity contribution in [2.75, 3.05) is 40.2 Å². The summed E-state index contributed by atoms with van der Waals surface area (Å²) in [6.07, 6.45) is 0.795. The summed E-state index contributed by atoms with van der Waals surface area (Å²) >= 11 is 0. The van der Waals surface area contributed by atoms with Crippen LogP contribution in [-0.2, 0) is 11.2 Å². The van der Waals surface area contributed by atoms with Crippen LogP contribution in [0.1, 0.15) is 12.5 Å². The quantitative estimate of drug-likeness (QED) is 0.732. The van der Waals surface area contributed by atoms with Gasteiger partial charge < -0.3 is 19.5 Å². The number of nitrogens with zero attached hydrogens (tertiary/aromatic N) is 1. The van der Waals surface area contributed by atoms with Gasteiger partial charge in [-0.3, -0.25) is 9.69 Å². The van der Waals surface area contributed by atoms with Crippen molar-refractivity contribution in [3.05, 3.63) is 48.0 Å². The lowest BCUT2D eigenvalue weighted by Gasteiger charge is -2.24. The number of ether oxygens (including phenoxy) is 3. The van der Waals surface area contributed by atoms with Gasteiger partial charge in [0.1, 0.15) is 5.75 Å². The van der Waals surface area contributed by atoms with E-state index in [-0.39, 0.29) is 11.9 Å². The van der Waals surface area contributed by atoms with Crippen LogP contribution in [0.4, 0.5) is 5.69 Å². The predicted molar refractivity (Wildman–Crippen MR) is 107 cm³/mol. The third-order valence-electron chi connectivity index (χ3n) is 4.61. The predicted octanol–water partition coefficient (Wildman–Crippen LogP) is 3.21. The summed E-state index contributed by atoms with van der Waals surface area (Å²) in [6, 6.07) is 13.0. The van der Waals surface area contributed by atoms with Crippen LogP contribution in [0.15, 0.2) is 42.5 Å². The fourth-order valence-electron chi connectivity index (χ4n) is 2.72. The SMILES string of the molecule is COc1ccccc1NC(=O)[C@H](C)N(C)CCc1ccc(OC)c(OC)c1. The molecule has 0 aliphatic heterocycles. The Kier molecular flexibility index (Phi) is 7.49. The number of benzene rings is 2. The molecule has 0 saturated carbocycles. The topological polar surface area (TPSA) is 60.0 Å². The number of hydrogen-bond acceptors (Lipinski definition) is 5. The van der Waals surface area contributed by atoms with Crippen molar-refractivity contribution in [1.82, 2.24) is 4.90 Å². The Morgan fingerprint density at radius 3 is 2.33 bits per heavy atom. The summed E-state index contributed by atoms with van der Waals surface area (Å²) in [5.41, 5.74) is 1.79. The fourth-order valence-corrected chi connectivity index (χ4v) is 2.72. The first-order valence-corrected chi connectivity index (χ1v) is 8.85. The van der Waals surface area contributed by atoms with Gasteiger partial charge in [0.2, 0.25) is 5.91 Å². The number of methoxy groups -OCH3 is 3. The minimum absolute atomic E-state index is 0.0747. The zero-order valence-electron chi connectivity index (χ0n) is 16.6. The second-order valence-electron chi connectivity index (χ2n) is 6.29. The van der Waals surface area contributed by atoms with Gasteiger partial charge in [-0.1, -0.05) is 18.2 Å². The average Bonchev–Trinajstić information content (AvgIpc) is 2.71. The highest BCUT2D eigenvalue weighted by Crippen LogP contribution is 2.28. The Balaban J connectivity index is 1.95. The molecule has 2 aromatic rings. The van der Waals surface area contributed by atoms with Crippen molar-refractivity contribution >= 4 is 11.6 Å². The van der Waals surface area contributed by atoms with Crippen molar-refractivity contribution in [3.63, 3.8) is 0 Å². The number of likely N-dealkylation sites (N-methyl/N-ethyl adjacent to an activating group) is 1. The largest absolute Gasteiger partial charge is 0.495 e. The molecule has 0 spiro atoms. The maximum absolute atomic E-state index is 12.6. The summed E-state index contributed by atoms with van der Waals surface area (Å²) in [7, 11) is 6.77. The van der Waals surface area contributed by atoms with Crippen molar-refractivity contribution in [3.8, 4) is 17.2 Å². The molecule has 0 heterocycles. The van der Waals surface area contributed by atoms with E-state index in [1.165, 1.54) is 0 Å². The minimum Gasteiger partial charge on any atom is -0.495 e. The van der Waals surface area contributed by atoms with Crippen molar-refractivity contribution in [2.45, 2.75) is 19.4 Å². The number of para-hydroxylation sites is 2. The molecule has 2 aromatic carbocycles. The van der Waals surface area contributed by atoms with E-state index in [0.29, 0.717) is 22.9 Å². The molecule has 0 bridgehead atoms. The summed E-state index contributed by atoms with van der Waals surface area (Å²) in [5.74, 6) is 1.99. The molecule has 0 fully saturated rings. The van der Waals surface area contributed by atoms with Crippen LogP contribution in [0, 0.1) is 0 Å². The Morgan fingerprint density at radius 2 is 1.67 bits per heavy atom. The van der Waals surface area contributed by atoms with E-state index >= 15 is 0 Å². The zero-order valence-corrected chi connectivity index (χ0v) is 16.6. The number of carbonyl (C=O) groups is 1. The van der Waals surface area contributed by atoms with Gasteiger partial charge >= 0.3 is 0 Å². The standard InChI is InChI=1S/C21H28N2O4/c1-15(21(24)22-17-8-6-7-9-18(17)25-3)23(2)13-12-16-10-11-19(26-4)20(14-16)27-5/h6-11,14-15H,12-13H2,1-5H3,(H,22,24)/t15-/m0/s1. The zero-order chi connectivity index (χ0) is 19.8. The van der Waals surface area contributed by atoms with Gasteiger partial charge in [-0.05, 0) is 50.2 Å². The Morgan fingerprint density at radius 1 is 1.00 bits per heavy atom. The van der Waals surface area contributed by atoms with Crippen LogP contribution >= 0.6 is 0 Å². The molecule has 6 heteroatoms. The van der Waals surface area contributed by atoms with Gasteiger partial charge in [0.25, 0.3) is 0 Å². The third kappa shape index (κ3) is 5.37. The summed E-state index contributed by atoms with van der Waals surface area (Å²) in [4.78, 5) is 14.6. The van der Waals surface area contributed by atoms with Gasteiger partial charge in [-0.2, -0.15) is 0 Å². The first-order chi connectivity index (χ1) is 13.0. The fraction of sp³-hybridized carbons (Fsp3) is 0.381. The Hall–Kier alpha value is -2.73. The van der Waals surface area contributed by atoms with E-state index in [4.69, 9.17) is 14.2 Å². The van der Waals surface area contributed by atoms with E-state index in [1.54, 1.807) is 21.3 Å². The summed E-state index contributed by atoms with van der Waals surface area (Å²) in [5, 5.41) is 2.93. The second kappa shape index (κ2) is 9.83. The molecule has 0 aromatic heterocycles. The molecule has 27 heavy (non-hydrogen) atoms. The molecule has 0 saturated heterocycles. The molecule has 0 aliphatic rings. The van der Waals surface area contributed by atoms with Crippen LogP contribution in [0.2, 0.25) is 0 Å². The lowest BCUT2D eigenvalue weighted by molar-refractivity contribution is -0.120. The number of anilines is 1. The molecular weight excluding hydrogens is 344 g/mol. The van der Waals surface area contributed by atoms with Crippen LogP contribution in [-0.4, -0.2) is 51.8 Å². The van der Waals surface area contributed by atoms with E-state index in [1.807, 2.05) is 61.3 Å². The molecule has 0 unspecified atom stereocenters. The molecule has 6 nitrogen and oxygen atoms in total. The Bertz CT molecular complexity index is 764. The van der Waals surface area contributed by atoms with Crippen LogP contribution < -0.4 is 19.5 Å². The monoisotopic (exact) mass is 372 g/mol. The van der Waals surface area contributed by atoms with Crippen LogP contribution in [0.3, 0.4) is 0 Å².